The zero-order valence-electron chi connectivity index (χ0n) is 13.2. The lowest BCUT2D eigenvalue weighted by Crippen LogP contribution is -2.41. The monoisotopic (exact) mass is 309 g/mol. The predicted octanol–water partition coefficient (Wildman–Crippen LogP) is 3.33. The van der Waals surface area contributed by atoms with Crippen LogP contribution in [0.3, 0.4) is 0 Å². The first-order chi connectivity index (χ1) is 11.1. The molecule has 0 bridgehead atoms. The summed E-state index contributed by atoms with van der Waals surface area (Å²) < 4.78 is 5.09. The number of amides is 1. The molecule has 4 nitrogen and oxygen atoms in total. The molecule has 23 heavy (non-hydrogen) atoms. The lowest BCUT2D eigenvalue weighted by Gasteiger charge is -2.24. The second kappa shape index (κ2) is 6.24. The summed E-state index contributed by atoms with van der Waals surface area (Å²) in [6.07, 6.45) is 0. The van der Waals surface area contributed by atoms with E-state index in [1.807, 2.05) is 62.4 Å². The highest BCUT2D eigenvalue weighted by Gasteiger charge is 2.40. The maximum Gasteiger partial charge on any atom is 0.330 e. The molecule has 2 aromatic carbocycles. The SMILES string of the molecule is CC(C)[C@H]1C(=O)OCN1C(=O)c1ccccc1-c1ccccc1. The minimum absolute atomic E-state index is 0.0119. The molecule has 0 saturated carbocycles. The number of benzene rings is 2. The Balaban J connectivity index is 1.99. The molecule has 0 radical (unpaired) electrons. The molecule has 1 fully saturated rings. The minimum Gasteiger partial charge on any atom is -0.443 e. The van der Waals surface area contributed by atoms with E-state index >= 15 is 0 Å². The number of carbonyl (C=O) groups is 2. The van der Waals surface area contributed by atoms with E-state index in [1.165, 1.54) is 4.90 Å². The van der Waals surface area contributed by atoms with Crippen molar-refractivity contribution in [1.29, 1.82) is 0 Å². The molecule has 1 atom stereocenters. The van der Waals surface area contributed by atoms with Crippen molar-refractivity contribution in [2.75, 3.05) is 6.73 Å². The molecule has 2 aromatic rings. The van der Waals surface area contributed by atoms with Crippen molar-refractivity contribution in [1.82, 2.24) is 4.90 Å². The summed E-state index contributed by atoms with van der Waals surface area (Å²) in [4.78, 5) is 26.4. The minimum atomic E-state index is -0.522. The third kappa shape index (κ3) is 2.84. The summed E-state index contributed by atoms with van der Waals surface area (Å²) in [5, 5.41) is 0. The number of rotatable bonds is 3. The van der Waals surface area contributed by atoms with Crippen LogP contribution < -0.4 is 0 Å². The predicted molar refractivity (Wildman–Crippen MR) is 87.6 cm³/mol. The van der Waals surface area contributed by atoms with Crippen LogP contribution in [-0.4, -0.2) is 29.5 Å². The lowest BCUT2D eigenvalue weighted by atomic mass is 9.97. The Morgan fingerprint density at radius 2 is 1.74 bits per heavy atom. The molecule has 0 spiro atoms. The molecule has 118 valence electrons. The lowest BCUT2D eigenvalue weighted by molar-refractivity contribution is -0.139. The average molecular weight is 309 g/mol. The maximum atomic E-state index is 13.0. The summed E-state index contributed by atoms with van der Waals surface area (Å²) in [5.41, 5.74) is 2.42. The topological polar surface area (TPSA) is 46.6 Å². The standard InChI is InChI=1S/C19H19NO3/c1-13(2)17-19(22)23-12-20(17)18(21)16-11-7-6-10-15(16)14-8-4-3-5-9-14/h3-11,13,17H,12H2,1-2H3/t17-/m0/s1. The van der Waals surface area contributed by atoms with Crippen LogP contribution in [0.15, 0.2) is 54.6 Å². The molecule has 1 saturated heterocycles. The molecule has 1 amide bonds. The van der Waals surface area contributed by atoms with E-state index < -0.39 is 6.04 Å². The Labute approximate surface area is 135 Å². The van der Waals surface area contributed by atoms with Crippen molar-refractivity contribution in [3.05, 3.63) is 60.2 Å². The highest BCUT2D eigenvalue weighted by molar-refractivity contribution is 6.03. The van der Waals surface area contributed by atoms with Crippen LogP contribution in [0, 0.1) is 5.92 Å². The molecule has 4 heteroatoms. The van der Waals surface area contributed by atoms with Crippen molar-refractivity contribution < 1.29 is 14.3 Å². The second-order valence-electron chi connectivity index (χ2n) is 5.97. The van der Waals surface area contributed by atoms with E-state index in [-0.39, 0.29) is 24.5 Å². The van der Waals surface area contributed by atoms with Gasteiger partial charge in [-0.05, 0) is 23.1 Å². The molecule has 0 aromatic heterocycles. The first kappa shape index (κ1) is 15.3. The van der Waals surface area contributed by atoms with E-state index in [9.17, 15) is 9.59 Å². The molecule has 1 heterocycles. The van der Waals surface area contributed by atoms with Gasteiger partial charge in [-0.25, -0.2) is 4.79 Å². The van der Waals surface area contributed by atoms with Gasteiger partial charge in [-0.1, -0.05) is 62.4 Å². The Hall–Kier alpha value is -2.62. The molecule has 0 aliphatic carbocycles. The van der Waals surface area contributed by atoms with Gasteiger partial charge in [0.2, 0.25) is 0 Å². The summed E-state index contributed by atoms with van der Waals surface area (Å²) in [7, 11) is 0. The van der Waals surface area contributed by atoms with Gasteiger partial charge >= 0.3 is 5.97 Å². The maximum absolute atomic E-state index is 13.0. The van der Waals surface area contributed by atoms with Gasteiger partial charge in [-0.15, -0.1) is 0 Å². The van der Waals surface area contributed by atoms with Crippen molar-refractivity contribution in [3.8, 4) is 11.1 Å². The van der Waals surface area contributed by atoms with Crippen molar-refractivity contribution >= 4 is 11.9 Å². The van der Waals surface area contributed by atoms with Gasteiger partial charge in [-0.2, -0.15) is 0 Å². The molecular weight excluding hydrogens is 290 g/mol. The Morgan fingerprint density at radius 1 is 1.09 bits per heavy atom. The quantitative estimate of drug-likeness (QED) is 0.817. The number of hydrogen-bond donors (Lipinski definition) is 0. The van der Waals surface area contributed by atoms with E-state index in [0.717, 1.165) is 11.1 Å². The second-order valence-corrected chi connectivity index (χ2v) is 5.97. The number of carbonyl (C=O) groups excluding carboxylic acids is 2. The highest BCUT2D eigenvalue weighted by atomic mass is 16.6. The normalized spacial score (nSPS) is 17.4. The fraction of sp³-hybridized carbons (Fsp3) is 0.263. The number of hydrogen-bond acceptors (Lipinski definition) is 3. The van der Waals surface area contributed by atoms with Gasteiger partial charge < -0.3 is 4.74 Å². The fourth-order valence-electron chi connectivity index (χ4n) is 2.94. The van der Waals surface area contributed by atoms with E-state index in [4.69, 9.17) is 4.74 Å². The van der Waals surface area contributed by atoms with E-state index in [0.29, 0.717) is 5.56 Å². The number of cyclic esters (lactones) is 1. The van der Waals surface area contributed by atoms with Crippen molar-refractivity contribution in [2.45, 2.75) is 19.9 Å². The molecule has 0 N–H and O–H groups in total. The first-order valence-electron chi connectivity index (χ1n) is 7.71. The zero-order chi connectivity index (χ0) is 16.4. The van der Waals surface area contributed by atoms with Crippen LogP contribution >= 0.6 is 0 Å². The molecule has 1 aliphatic heterocycles. The Morgan fingerprint density at radius 3 is 2.43 bits per heavy atom. The van der Waals surface area contributed by atoms with Crippen LogP contribution in [0.5, 0.6) is 0 Å². The van der Waals surface area contributed by atoms with Crippen LogP contribution in [0.25, 0.3) is 11.1 Å². The number of nitrogens with zero attached hydrogens (tertiary/aromatic N) is 1. The van der Waals surface area contributed by atoms with E-state index in [1.54, 1.807) is 6.07 Å². The van der Waals surface area contributed by atoms with Gasteiger partial charge in [0.15, 0.2) is 6.73 Å². The highest BCUT2D eigenvalue weighted by Crippen LogP contribution is 2.27. The molecular formula is C19H19NO3. The fourth-order valence-corrected chi connectivity index (χ4v) is 2.94. The Bertz CT molecular complexity index is 724. The zero-order valence-corrected chi connectivity index (χ0v) is 13.2. The van der Waals surface area contributed by atoms with Gasteiger partial charge in [-0.3, -0.25) is 9.69 Å². The largest absolute Gasteiger partial charge is 0.443 e. The molecule has 1 aliphatic rings. The van der Waals surface area contributed by atoms with Crippen molar-refractivity contribution in [2.24, 2.45) is 5.92 Å². The van der Waals surface area contributed by atoms with Gasteiger partial charge in [0.1, 0.15) is 6.04 Å². The van der Waals surface area contributed by atoms with Gasteiger partial charge in [0, 0.05) is 5.56 Å². The summed E-state index contributed by atoms with van der Waals surface area (Å²) in [6.45, 7) is 3.85. The number of ether oxygens (including phenoxy) is 1. The summed E-state index contributed by atoms with van der Waals surface area (Å²) >= 11 is 0. The van der Waals surface area contributed by atoms with Crippen LogP contribution in [0.1, 0.15) is 24.2 Å². The number of esters is 1. The Kier molecular flexibility index (Phi) is 4.15. The third-order valence-corrected chi connectivity index (χ3v) is 4.06. The van der Waals surface area contributed by atoms with Crippen molar-refractivity contribution in [3.63, 3.8) is 0 Å². The van der Waals surface area contributed by atoms with E-state index in [2.05, 4.69) is 0 Å². The molecule has 3 rings (SSSR count). The summed E-state index contributed by atoms with van der Waals surface area (Å²) in [6, 6.07) is 16.7. The summed E-state index contributed by atoms with van der Waals surface area (Å²) in [5.74, 6) is -0.489. The smallest absolute Gasteiger partial charge is 0.330 e. The molecule has 0 unspecified atom stereocenters. The van der Waals surface area contributed by atoms with Crippen LogP contribution in [0.2, 0.25) is 0 Å². The van der Waals surface area contributed by atoms with Crippen LogP contribution in [-0.2, 0) is 9.53 Å². The average Bonchev–Trinajstić information content (AvgIpc) is 2.97. The van der Waals surface area contributed by atoms with Gasteiger partial charge in [0.05, 0.1) is 0 Å². The first-order valence-corrected chi connectivity index (χ1v) is 7.71. The van der Waals surface area contributed by atoms with Crippen LogP contribution in [0.4, 0.5) is 0 Å². The van der Waals surface area contributed by atoms with Gasteiger partial charge in [0.25, 0.3) is 5.91 Å². The third-order valence-electron chi connectivity index (χ3n) is 4.06.